The molecule has 0 spiro atoms. The van der Waals surface area contributed by atoms with Crippen LogP contribution in [0.5, 0.6) is 0 Å². The van der Waals surface area contributed by atoms with Crippen LogP contribution in [0.15, 0.2) is 536 Å². The van der Waals surface area contributed by atoms with Gasteiger partial charge < -0.3 is 26.5 Å². The second-order valence-electron chi connectivity index (χ2n) is 39.6. The van der Waals surface area contributed by atoms with Crippen LogP contribution >= 0.6 is 0 Å². The van der Waals surface area contributed by atoms with Crippen LogP contribution in [-0.2, 0) is 0 Å². The third kappa shape index (κ3) is 13.4. The van der Waals surface area contributed by atoms with E-state index in [1.165, 1.54) is 164 Å². The van der Waals surface area contributed by atoms with Crippen molar-refractivity contribution < 1.29 is 26.5 Å². The molecule has 0 atom stereocenters. The minimum Gasteiger partial charge on any atom is -0.456 e. The Morgan fingerprint density at radius 1 is 0.0933 bits per heavy atom. The summed E-state index contributed by atoms with van der Waals surface area (Å²) in [6, 6.07) is 183. The van der Waals surface area contributed by atoms with E-state index in [9.17, 15) is 0 Å². The van der Waals surface area contributed by atoms with E-state index in [1.807, 2.05) is 18.2 Å². The van der Waals surface area contributed by atoms with Crippen LogP contribution < -0.4 is 0 Å². The SMILES string of the molecule is c1ccc(-c2c3ccccc3c(-c3ccc(-c4ccc5oc6c(ccc7c6oc6ccc8ccccc8c67)c5c4)cc3)c3ccccc23)cc1.c1ccc(-c2c3ccccc3c(-c3ccc(-c4ccc5oc6cc7oc8ccc9ccccc9c8c7cc6c5c4)cc3)c3ccccc23)cc1.c1ccc(-c2c3ccccc3c(-c3ccc(-c4ccc5oc6ccc7oc8c9ccccc9ccc8c7c6c5c4)cc3)c3ccccc23)cc1. The molecular weight excluding hydrogens is 1830 g/mol. The standard InChI is InChI=1S/3C48H28O2/c1-2-11-31(12-3-1)44-35-14-6-8-16-37(35)45(38-17-9-7-15-36(38)44)32-20-18-29(19-21-32)33-23-26-42-41(28-33)39-24-25-40-46-34-13-5-4-10-30(34)22-27-43(46)50-48(40)47(39)49-42;1-2-11-31(12-3-1)46-35-14-6-8-16-37(35)47(38-17-9-7-15-36(38)46)32-20-18-29(19-21-32)33-23-24-42-39(26-33)40-27-41-45(28-44(40)49-42)50-43-25-22-30-10-4-5-13-34(30)48(41)43;1-2-11-31(12-3-1)44-35-14-6-8-16-37(35)45(38-17-9-7-15-36(38)44)32-20-18-29(19-21-32)33-23-25-41-40(28-33)47-42(49-41)26-27-43-46(47)39-24-22-30-10-4-5-13-34(30)48(39)50-43/h3*1-28H. The first kappa shape index (κ1) is 84.6. The van der Waals surface area contributed by atoms with Crippen LogP contribution in [0.4, 0.5) is 0 Å². The van der Waals surface area contributed by atoms with E-state index < -0.39 is 0 Å². The summed E-state index contributed by atoms with van der Waals surface area (Å²) in [5, 5.41) is 35.5. The van der Waals surface area contributed by atoms with Crippen LogP contribution in [0.3, 0.4) is 0 Å². The highest BCUT2D eigenvalue weighted by atomic mass is 16.4. The molecule has 0 aliphatic rings. The van der Waals surface area contributed by atoms with Gasteiger partial charge in [-0.05, 0) is 277 Å². The second-order valence-corrected chi connectivity index (χ2v) is 39.6. The van der Waals surface area contributed by atoms with Gasteiger partial charge in [0.25, 0.3) is 0 Å². The van der Waals surface area contributed by atoms with Crippen LogP contribution in [0.25, 0.3) is 329 Å². The zero-order valence-electron chi connectivity index (χ0n) is 80.9. The van der Waals surface area contributed by atoms with E-state index in [2.05, 4.69) is 491 Å². The first-order chi connectivity index (χ1) is 74.4. The monoisotopic (exact) mass is 1910 g/mol. The summed E-state index contributed by atoms with van der Waals surface area (Å²) in [6.07, 6.45) is 0. The maximum absolute atomic E-state index is 6.51. The van der Waals surface area contributed by atoms with Crippen molar-refractivity contribution >= 4 is 229 Å². The van der Waals surface area contributed by atoms with Crippen molar-refractivity contribution in [3.8, 4) is 100 Å². The molecule has 6 heterocycles. The smallest absolute Gasteiger partial charge is 0.178 e. The first-order valence-corrected chi connectivity index (χ1v) is 51.3. The first-order valence-electron chi connectivity index (χ1n) is 51.3. The molecule has 0 aliphatic carbocycles. The summed E-state index contributed by atoms with van der Waals surface area (Å²) in [6.45, 7) is 0. The van der Waals surface area contributed by atoms with Crippen molar-refractivity contribution in [1.29, 1.82) is 0 Å². The van der Waals surface area contributed by atoms with Gasteiger partial charge in [-0.15, -0.1) is 0 Å². The Labute approximate surface area is 858 Å². The lowest BCUT2D eigenvalue weighted by Crippen LogP contribution is -1.90. The molecule has 0 saturated heterocycles. The van der Waals surface area contributed by atoms with Gasteiger partial charge in [-0.1, -0.05) is 419 Å². The zero-order chi connectivity index (χ0) is 98.3. The van der Waals surface area contributed by atoms with Gasteiger partial charge in [-0.3, -0.25) is 0 Å². The number of hydrogen-bond acceptors (Lipinski definition) is 6. The Hall–Kier alpha value is -19.9. The Morgan fingerprint density at radius 3 is 0.740 bits per heavy atom. The van der Waals surface area contributed by atoms with Gasteiger partial charge in [0.1, 0.15) is 55.8 Å². The van der Waals surface area contributed by atoms with E-state index in [0.29, 0.717) is 0 Å². The third-order valence-corrected chi connectivity index (χ3v) is 31.4. The van der Waals surface area contributed by atoms with Gasteiger partial charge in [-0.25, -0.2) is 0 Å². The van der Waals surface area contributed by atoms with Crippen LogP contribution in [0.1, 0.15) is 0 Å². The molecule has 6 heteroatoms. The van der Waals surface area contributed by atoms with Gasteiger partial charge in [-0.2, -0.15) is 0 Å². The summed E-state index contributed by atoms with van der Waals surface area (Å²) in [4.78, 5) is 0. The fourth-order valence-electron chi connectivity index (χ4n) is 24.6. The average Bonchev–Trinajstić information content (AvgIpc) is 1.49. The molecule has 0 N–H and O–H groups in total. The molecule has 33 aromatic rings. The maximum atomic E-state index is 6.51. The highest BCUT2D eigenvalue weighted by Gasteiger charge is 2.27. The van der Waals surface area contributed by atoms with Crippen LogP contribution in [0.2, 0.25) is 0 Å². The van der Waals surface area contributed by atoms with E-state index in [4.69, 9.17) is 26.5 Å². The zero-order valence-corrected chi connectivity index (χ0v) is 80.9. The molecule has 0 aliphatic heterocycles. The molecule has 0 fully saturated rings. The number of benzene rings is 27. The maximum Gasteiger partial charge on any atom is 0.178 e. The number of furan rings is 6. The predicted molar refractivity (Wildman–Crippen MR) is 629 cm³/mol. The molecule has 6 nitrogen and oxygen atoms in total. The van der Waals surface area contributed by atoms with Crippen molar-refractivity contribution in [2.75, 3.05) is 0 Å². The van der Waals surface area contributed by atoms with E-state index in [0.717, 1.165) is 165 Å². The molecule has 696 valence electrons. The molecular formula is C144H84O6. The summed E-state index contributed by atoms with van der Waals surface area (Å²) >= 11 is 0. The molecule has 150 heavy (non-hydrogen) atoms. The lowest BCUT2D eigenvalue weighted by atomic mass is 9.86. The van der Waals surface area contributed by atoms with Gasteiger partial charge in [0.15, 0.2) is 11.2 Å². The van der Waals surface area contributed by atoms with Crippen LogP contribution in [0, 0.1) is 0 Å². The Bertz CT molecular complexity index is 11200. The molecule has 0 amide bonds. The molecule has 33 rings (SSSR count). The topological polar surface area (TPSA) is 78.8 Å². The number of fused-ring (bicyclic) bond motifs is 32. The van der Waals surface area contributed by atoms with E-state index in [-0.39, 0.29) is 0 Å². The summed E-state index contributed by atoms with van der Waals surface area (Å²) in [5.41, 5.74) is 32.2. The highest BCUT2D eigenvalue weighted by molar-refractivity contribution is 6.32. The average molecular weight is 1910 g/mol. The quantitative estimate of drug-likeness (QED) is 0.134. The minimum absolute atomic E-state index is 0.794. The normalized spacial score (nSPS) is 12.0. The van der Waals surface area contributed by atoms with Crippen molar-refractivity contribution in [2.24, 2.45) is 0 Å². The van der Waals surface area contributed by atoms with Crippen molar-refractivity contribution in [2.45, 2.75) is 0 Å². The van der Waals surface area contributed by atoms with Gasteiger partial charge in [0.2, 0.25) is 0 Å². The predicted octanol–water partition coefficient (Wildman–Crippen LogP) is 41.8. The molecule has 27 aromatic carbocycles. The van der Waals surface area contributed by atoms with Gasteiger partial charge >= 0.3 is 0 Å². The largest absolute Gasteiger partial charge is 0.456 e. The van der Waals surface area contributed by atoms with Crippen molar-refractivity contribution in [3.05, 3.63) is 510 Å². The lowest BCUT2D eigenvalue weighted by molar-refractivity contribution is 0.633. The van der Waals surface area contributed by atoms with Crippen LogP contribution in [-0.4, -0.2) is 0 Å². The summed E-state index contributed by atoms with van der Waals surface area (Å²) in [5.74, 6) is 0. The fourth-order valence-corrected chi connectivity index (χ4v) is 24.6. The Morgan fingerprint density at radius 2 is 0.313 bits per heavy atom. The molecule has 6 aromatic heterocycles. The molecule has 0 unspecified atom stereocenters. The molecule has 0 radical (unpaired) electrons. The highest BCUT2D eigenvalue weighted by Crippen LogP contribution is 2.53. The van der Waals surface area contributed by atoms with Gasteiger partial charge in [0.05, 0.1) is 0 Å². The van der Waals surface area contributed by atoms with E-state index >= 15 is 0 Å². The number of rotatable bonds is 9. The number of hydrogen-bond donors (Lipinski definition) is 0. The Kier molecular flexibility index (Phi) is 19.1. The van der Waals surface area contributed by atoms with Crippen molar-refractivity contribution in [3.63, 3.8) is 0 Å². The molecule has 0 bridgehead atoms. The fraction of sp³-hybridized carbons (Fsp3) is 0. The van der Waals surface area contributed by atoms with E-state index in [1.54, 1.807) is 0 Å². The Balaban J connectivity index is 0.000000101. The third-order valence-electron chi connectivity index (χ3n) is 31.4. The summed E-state index contributed by atoms with van der Waals surface area (Å²) in [7, 11) is 0. The van der Waals surface area contributed by atoms with Gasteiger partial charge in [0, 0.05) is 76.1 Å². The molecule has 0 saturated carbocycles. The summed E-state index contributed by atoms with van der Waals surface area (Å²) < 4.78 is 38.6. The second kappa shape index (κ2) is 33.9. The minimum atomic E-state index is 0.794. The lowest BCUT2D eigenvalue weighted by Gasteiger charge is -2.18. The van der Waals surface area contributed by atoms with Crippen molar-refractivity contribution in [1.82, 2.24) is 0 Å².